The predicted octanol–water partition coefficient (Wildman–Crippen LogP) is 1.95. The molecule has 0 fully saturated rings. The molecule has 1 aromatic rings. The third-order valence-electron chi connectivity index (χ3n) is 2.45. The highest BCUT2D eigenvalue weighted by atomic mass is 16.7. The average molecular weight is 227 g/mol. The molecular formula is C11H19N2O3+. The van der Waals surface area contributed by atoms with E-state index in [1.807, 2.05) is 10.8 Å². The Morgan fingerprint density at radius 2 is 2.25 bits per heavy atom. The number of carboxylic acid groups (broad SMARTS) is 1. The Bertz CT molecular complexity index is 347. The first-order chi connectivity index (χ1) is 7.65. The van der Waals surface area contributed by atoms with Crippen LogP contribution in [0.1, 0.15) is 32.6 Å². The molecule has 0 bridgehead atoms. The van der Waals surface area contributed by atoms with Crippen molar-refractivity contribution < 1.29 is 19.2 Å². The molecule has 0 spiro atoms. The monoisotopic (exact) mass is 227 g/mol. The number of unbranched alkanes of at least 4 members (excludes halogenated alkanes) is 3. The second-order valence-corrected chi connectivity index (χ2v) is 3.81. The van der Waals surface area contributed by atoms with Crippen LogP contribution in [0.2, 0.25) is 0 Å². The lowest BCUT2D eigenvalue weighted by molar-refractivity contribution is -0.675. The molecule has 90 valence electrons. The van der Waals surface area contributed by atoms with E-state index in [2.05, 4.69) is 6.92 Å². The van der Waals surface area contributed by atoms with Gasteiger partial charge < -0.3 is 9.84 Å². The van der Waals surface area contributed by atoms with Crippen LogP contribution in [0.15, 0.2) is 12.4 Å². The summed E-state index contributed by atoms with van der Waals surface area (Å²) < 4.78 is 8.20. The number of carbonyl (C=O) groups is 1. The van der Waals surface area contributed by atoms with E-state index in [0.717, 1.165) is 19.4 Å². The molecule has 0 atom stereocenters. The molecule has 0 aliphatic heterocycles. The van der Waals surface area contributed by atoms with Gasteiger partial charge >= 0.3 is 12.2 Å². The SMILES string of the molecule is CCCCCCn1cc[n+](C)c1OC(=O)O. The number of aryl methyl sites for hydroxylation is 2. The fourth-order valence-electron chi connectivity index (χ4n) is 1.60. The lowest BCUT2D eigenvalue weighted by Gasteiger charge is -2.00. The van der Waals surface area contributed by atoms with Crippen molar-refractivity contribution in [3.8, 4) is 6.01 Å². The summed E-state index contributed by atoms with van der Waals surface area (Å²) in [5.41, 5.74) is 0. The third kappa shape index (κ3) is 3.56. The number of ether oxygens (including phenoxy) is 1. The van der Waals surface area contributed by atoms with Gasteiger partial charge in [-0.3, -0.25) is 0 Å². The fraction of sp³-hybridized carbons (Fsp3) is 0.636. The molecule has 0 saturated carbocycles. The first kappa shape index (κ1) is 12.5. The molecule has 0 aromatic carbocycles. The second-order valence-electron chi connectivity index (χ2n) is 3.81. The first-order valence-corrected chi connectivity index (χ1v) is 5.60. The molecule has 0 unspecified atom stereocenters. The van der Waals surface area contributed by atoms with Crippen molar-refractivity contribution in [2.45, 2.75) is 39.2 Å². The quantitative estimate of drug-likeness (QED) is 0.459. The van der Waals surface area contributed by atoms with Crippen molar-refractivity contribution in [2.75, 3.05) is 0 Å². The molecule has 16 heavy (non-hydrogen) atoms. The second kappa shape index (κ2) is 6.15. The van der Waals surface area contributed by atoms with Gasteiger partial charge in [0.15, 0.2) is 0 Å². The summed E-state index contributed by atoms with van der Waals surface area (Å²) >= 11 is 0. The summed E-state index contributed by atoms with van der Waals surface area (Å²) in [4.78, 5) is 10.5. The van der Waals surface area contributed by atoms with Crippen LogP contribution in [0.4, 0.5) is 4.79 Å². The Labute approximate surface area is 95.3 Å². The van der Waals surface area contributed by atoms with Gasteiger partial charge in [-0.25, -0.2) is 4.79 Å². The zero-order valence-corrected chi connectivity index (χ0v) is 9.85. The van der Waals surface area contributed by atoms with Gasteiger partial charge in [0.2, 0.25) is 0 Å². The highest BCUT2D eigenvalue weighted by Crippen LogP contribution is 2.08. The third-order valence-corrected chi connectivity index (χ3v) is 2.45. The molecule has 0 aliphatic carbocycles. The smallest absolute Gasteiger partial charge is 0.449 e. The predicted molar refractivity (Wildman–Crippen MR) is 58.4 cm³/mol. The van der Waals surface area contributed by atoms with Crippen LogP contribution in [0.3, 0.4) is 0 Å². The molecule has 1 aromatic heterocycles. The summed E-state index contributed by atoms with van der Waals surface area (Å²) in [6.45, 7) is 2.96. The zero-order valence-electron chi connectivity index (χ0n) is 9.85. The minimum Gasteiger partial charge on any atom is -0.449 e. The molecule has 0 amide bonds. The molecule has 0 saturated heterocycles. The van der Waals surface area contributed by atoms with Gasteiger partial charge in [0.05, 0.1) is 13.6 Å². The Morgan fingerprint density at radius 3 is 2.88 bits per heavy atom. The maximum atomic E-state index is 10.5. The van der Waals surface area contributed by atoms with Crippen LogP contribution >= 0.6 is 0 Å². The van der Waals surface area contributed by atoms with Gasteiger partial charge in [0, 0.05) is 0 Å². The van der Waals surface area contributed by atoms with E-state index in [1.54, 1.807) is 17.8 Å². The minimum absolute atomic E-state index is 0.365. The highest BCUT2D eigenvalue weighted by Gasteiger charge is 2.19. The Balaban J connectivity index is 2.54. The molecule has 0 aliphatic rings. The van der Waals surface area contributed by atoms with Crippen molar-refractivity contribution in [1.29, 1.82) is 0 Å². The van der Waals surface area contributed by atoms with Crippen LogP contribution in [0, 0.1) is 0 Å². The first-order valence-electron chi connectivity index (χ1n) is 5.60. The average Bonchev–Trinajstić information content (AvgIpc) is 2.56. The molecule has 5 nitrogen and oxygen atoms in total. The maximum absolute atomic E-state index is 10.5. The molecule has 1 N–H and O–H groups in total. The van der Waals surface area contributed by atoms with Crippen molar-refractivity contribution in [3.05, 3.63) is 12.4 Å². The van der Waals surface area contributed by atoms with E-state index in [9.17, 15) is 4.79 Å². The number of hydrogen-bond donors (Lipinski definition) is 1. The van der Waals surface area contributed by atoms with E-state index in [0.29, 0.717) is 6.01 Å². The molecule has 1 heterocycles. The maximum Gasteiger partial charge on any atom is 0.516 e. The van der Waals surface area contributed by atoms with Crippen LogP contribution in [-0.2, 0) is 13.6 Å². The summed E-state index contributed by atoms with van der Waals surface area (Å²) in [5.74, 6) is 0. The standard InChI is InChI=1S/C11H18N2O3/c1-3-4-5-6-7-13-9-8-12(2)10(13)16-11(14)15/h8-9H,3-7H2,1-2H3/p+1. The number of nitrogens with zero attached hydrogens (tertiary/aromatic N) is 2. The molecular weight excluding hydrogens is 208 g/mol. The van der Waals surface area contributed by atoms with Crippen molar-refractivity contribution in [1.82, 2.24) is 4.57 Å². The summed E-state index contributed by atoms with van der Waals surface area (Å²) in [6, 6.07) is 0.365. The van der Waals surface area contributed by atoms with Crippen molar-refractivity contribution in [3.63, 3.8) is 0 Å². The van der Waals surface area contributed by atoms with Gasteiger partial charge in [-0.1, -0.05) is 19.8 Å². The van der Waals surface area contributed by atoms with Crippen LogP contribution in [-0.4, -0.2) is 15.8 Å². The fourth-order valence-corrected chi connectivity index (χ4v) is 1.60. The number of rotatable bonds is 6. The van der Waals surface area contributed by atoms with Gasteiger partial charge in [0.25, 0.3) is 0 Å². The van der Waals surface area contributed by atoms with Crippen LogP contribution in [0.25, 0.3) is 0 Å². The van der Waals surface area contributed by atoms with Gasteiger partial charge in [-0.15, -0.1) is 0 Å². The Morgan fingerprint density at radius 1 is 1.50 bits per heavy atom. The van der Waals surface area contributed by atoms with Crippen molar-refractivity contribution >= 4 is 6.16 Å². The number of hydrogen-bond acceptors (Lipinski definition) is 2. The number of aromatic nitrogens is 2. The van der Waals surface area contributed by atoms with E-state index in [-0.39, 0.29) is 0 Å². The van der Waals surface area contributed by atoms with Gasteiger partial charge in [-0.05, 0) is 12.8 Å². The largest absolute Gasteiger partial charge is 0.516 e. The van der Waals surface area contributed by atoms with Crippen molar-refractivity contribution in [2.24, 2.45) is 7.05 Å². The Hall–Kier alpha value is -1.52. The lowest BCUT2D eigenvalue weighted by Crippen LogP contribution is -2.30. The summed E-state index contributed by atoms with van der Waals surface area (Å²) in [7, 11) is 1.76. The van der Waals surface area contributed by atoms with E-state index in [4.69, 9.17) is 9.84 Å². The van der Waals surface area contributed by atoms with Crippen LogP contribution in [0.5, 0.6) is 6.01 Å². The molecule has 1 rings (SSSR count). The molecule has 5 heteroatoms. The van der Waals surface area contributed by atoms with Crippen LogP contribution < -0.4 is 9.30 Å². The summed E-state index contributed by atoms with van der Waals surface area (Å²) in [6.07, 6.45) is 6.95. The topological polar surface area (TPSA) is 55.3 Å². The summed E-state index contributed by atoms with van der Waals surface area (Å²) in [5, 5.41) is 8.59. The number of imidazole rings is 1. The Kier molecular flexibility index (Phi) is 4.82. The van der Waals surface area contributed by atoms with E-state index in [1.165, 1.54) is 12.8 Å². The minimum atomic E-state index is -1.27. The van der Waals surface area contributed by atoms with Gasteiger partial charge in [0.1, 0.15) is 12.4 Å². The zero-order chi connectivity index (χ0) is 12.0. The normalized spacial score (nSPS) is 10.4. The van der Waals surface area contributed by atoms with E-state index >= 15 is 0 Å². The van der Waals surface area contributed by atoms with E-state index < -0.39 is 6.16 Å². The molecule has 0 radical (unpaired) electrons. The highest BCUT2D eigenvalue weighted by molar-refractivity contribution is 5.59. The lowest BCUT2D eigenvalue weighted by atomic mass is 10.2. The van der Waals surface area contributed by atoms with Gasteiger partial charge in [-0.2, -0.15) is 9.13 Å².